The van der Waals surface area contributed by atoms with Crippen LogP contribution in [-0.2, 0) is 20.9 Å². The van der Waals surface area contributed by atoms with Crippen LogP contribution in [0.15, 0.2) is 30.3 Å². The molecular formula is C15H20O4. The van der Waals surface area contributed by atoms with Crippen LogP contribution in [0, 0.1) is 0 Å². The molecule has 1 N–H and O–H groups in total. The minimum absolute atomic E-state index is 0.0106. The number of benzene rings is 1. The van der Waals surface area contributed by atoms with Gasteiger partial charge in [0.15, 0.2) is 0 Å². The van der Waals surface area contributed by atoms with E-state index in [1.807, 2.05) is 38.1 Å². The Morgan fingerprint density at radius 2 is 2.16 bits per heavy atom. The lowest BCUT2D eigenvalue weighted by atomic mass is 10.1. The summed E-state index contributed by atoms with van der Waals surface area (Å²) in [6.45, 7) is 5.56. The second-order valence-corrected chi connectivity index (χ2v) is 4.15. The molecule has 0 aliphatic carbocycles. The van der Waals surface area contributed by atoms with E-state index in [2.05, 4.69) is 0 Å². The number of carboxylic acid groups (broad SMARTS) is 1. The Morgan fingerprint density at radius 3 is 2.84 bits per heavy atom. The fourth-order valence-corrected chi connectivity index (χ4v) is 1.55. The van der Waals surface area contributed by atoms with Crippen molar-refractivity contribution in [1.29, 1.82) is 0 Å². The molecule has 104 valence electrons. The van der Waals surface area contributed by atoms with Crippen LogP contribution >= 0.6 is 0 Å². The van der Waals surface area contributed by atoms with Crippen LogP contribution in [-0.4, -0.2) is 30.4 Å². The van der Waals surface area contributed by atoms with E-state index in [0.717, 1.165) is 17.2 Å². The van der Waals surface area contributed by atoms with Crippen LogP contribution in [0.3, 0.4) is 0 Å². The highest BCUT2D eigenvalue weighted by atomic mass is 16.5. The maximum atomic E-state index is 10.5. The maximum absolute atomic E-state index is 10.5. The first-order valence-corrected chi connectivity index (χ1v) is 6.31. The normalized spacial score (nSPS) is 12.7. The third kappa shape index (κ3) is 6.18. The quantitative estimate of drug-likeness (QED) is 0.733. The summed E-state index contributed by atoms with van der Waals surface area (Å²) < 4.78 is 10.9. The third-order valence-electron chi connectivity index (χ3n) is 2.54. The van der Waals surface area contributed by atoms with Gasteiger partial charge in [-0.2, -0.15) is 0 Å². The molecule has 19 heavy (non-hydrogen) atoms. The Kier molecular flexibility index (Phi) is 6.85. The fraction of sp³-hybridized carbons (Fsp3) is 0.400. The first-order chi connectivity index (χ1) is 9.13. The zero-order valence-corrected chi connectivity index (χ0v) is 11.3. The van der Waals surface area contributed by atoms with Crippen molar-refractivity contribution in [2.45, 2.75) is 26.6 Å². The van der Waals surface area contributed by atoms with Crippen LogP contribution < -0.4 is 0 Å². The van der Waals surface area contributed by atoms with E-state index >= 15 is 0 Å². The smallest absolute Gasteiger partial charge is 0.328 e. The highest BCUT2D eigenvalue weighted by Crippen LogP contribution is 2.13. The van der Waals surface area contributed by atoms with Crippen LogP contribution in [0.2, 0.25) is 0 Å². The van der Waals surface area contributed by atoms with E-state index in [9.17, 15) is 4.79 Å². The van der Waals surface area contributed by atoms with Crippen molar-refractivity contribution in [3.63, 3.8) is 0 Å². The molecule has 1 aromatic carbocycles. The molecule has 0 aliphatic heterocycles. The van der Waals surface area contributed by atoms with Crippen molar-refractivity contribution >= 4 is 12.0 Å². The minimum atomic E-state index is -0.958. The first-order valence-electron chi connectivity index (χ1n) is 6.31. The van der Waals surface area contributed by atoms with Gasteiger partial charge in [0.25, 0.3) is 0 Å². The van der Waals surface area contributed by atoms with Crippen LogP contribution in [0.25, 0.3) is 6.08 Å². The van der Waals surface area contributed by atoms with Gasteiger partial charge < -0.3 is 14.6 Å². The predicted molar refractivity (Wildman–Crippen MR) is 73.9 cm³/mol. The average Bonchev–Trinajstić information content (AvgIpc) is 2.41. The van der Waals surface area contributed by atoms with Gasteiger partial charge in [-0.25, -0.2) is 4.79 Å². The predicted octanol–water partition coefficient (Wildman–Crippen LogP) is 2.73. The lowest BCUT2D eigenvalue weighted by molar-refractivity contribution is -0.131. The molecule has 0 amide bonds. The summed E-state index contributed by atoms with van der Waals surface area (Å²) in [5.74, 6) is -0.958. The van der Waals surface area contributed by atoms with Gasteiger partial charge in [0.1, 0.15) is 0 Å². The summed E-state index contributed by atoms with van der Waals surface area (Å²) in [5, 5.41) is 8.65. The molecule has 4 heteroatoms. The molecule has 0 saturated heterocycles. The summed E-state index contributed by atoms with van der Waals surface area (Å²) in [6.07, 6.45) is 2.72. The molecule has 4 nitrogen and oxygen atoms in total. The number of hydrogen-bond acceptors (Lipinski definition) is 3. The Labute approximate surface area is 113 Å². The number of hydrogen-bond donors (Lipinski definition) is 1. The molecule has 0 bridgehead atoms. The summed E-state index contributed by atoms with van der Waals surface area (Å²) in [6, 6.07) is 7.57. The van der Waals surface area contributed by atoms with E-state index in [4.69, 9.17) is 14.6 Å². The van der Waals surface area contributed by atoms with Gasteiger partial charge in [-0.05, 0) is 31.1 Å². The summed E-state index contributed by atoms with van der Waals surface area (Å²) in [4.78, 5) is 10.5. The van der Waals surface area contributed by atoms with E-state index in [0.29, 0.717) is 19.8 Å². The van der Waals surface area contributed by atoms with Gasteiger partial charge >= 0.3 is 5.97 Å². The van der Waals surface area contributed by atoms with Crippen molar-refractivity contribution in [3.8, 4) is 0 Å². The standard InChI is InChI=1S/C15H20O4/c1-3-18-10-12(2)19-11-14-7-5-4-6-13(14)8-9-15(16)17/h4-9,12H,3,10-11H2,1-2H3,(H,16,17)/b9-8+. The molecule has 0 aromatic heterocycles. The highest BCUT2D eigenvalue weighted by molar-refractivity contribution is 5.85. The topological polar surface area (TPSA) is 55.8 Å². The molecule has 0 heterocycles. The SMILES string of the molecule is CCOCC(C)OCc1ccccc1/C=C/C(=O)O. The summed E-state index contributed by atoms with van der Waals surface area (Å²) in [5.41, 5.74) is 1.82. The number of carbonyl (C=O) groups is 1. The molecule has 1 aromatic rings. The van der Waals surface area contributed by atoms with Crippen LogP contribution in [0.1, 0.15) is 25.0 Å². The molecule has 1 atom stereocenters. The Balaban J connectivity index is 2.60. The van der Waals surface area contributed by atoms with Gasteiger partial charge in [-0.3, -0.25) is 0 Å². The van der Waals surface area contributed by atoms with Crippen molar-refractivity contribution in [2.24, 2.45) is 0 Å². The maximum Gasteiger partial charge on any atom is 0.328 e. The third-order valence-corrected chi connectivity index (χ3v) is 2.54. The van der Waals surface area contributed by atoms with Crippen LogP contribution in [0.4, 0.5) is 0 Å². The molecule has 0 radical (unpaired) electrons. The molecule has 0 aliphatic rings. The van der Waals surface area contributed by atoms with Gasteiger partial charge in [-0.1, -0.05) is 24.3 Å². The molecule has 0 fully saturated rings. The van der Waals surface area contributed by atoms with Crippen LogP contribution in [0.5, 0.6) is 0 Å². The largest absolute Gasteiger partial charge is 0.478 e. The monoisotopic (exact) mass is 264 g/mol. The van der Waals surface area contributed by atoms with Crippen molar-refractivity contribution in [2.75, 3.05) is 13.2 Å². The fourth-order valence-electron chi connectivity index (χ4n) is 1.55. The number of carboxylic acids is 1. The summed E-state index contributed by atoms with van der Waals surface area (Å²) >= 11 is 0. The second kappa shape index (κ2) is 8.45. The Bertz CT molecular complexity index is 426. The van der Waals surface area contributed by atoms with E-state index in [1.54, 1.807) is 6.08 Å². The van der Waals surface area contributed by atoms with E-state index in [-0.39, 0.29) is 6.10 Å². The Morgan fingerprint density at radius 1 is 1.42 bits per heavy atom. The second-order valence-electron chi connectivity index (χ2n) is 4.15. The van der Waals surface area contributed by atoms with Gasteiger partial charge in [0, 0.05) is 12.7 Å². The number of rotatable bonds is 8. The molecule has 0 saturated carbocycles. The average molecular weight is 264 g/mol. The molecular weight excluding hydrogens is 244 g/mol. The highest BCUT2D eigenvalue weighted by Gasteiger charge is 2.05. The van der Waals surface area contributed by atoms with E-state index < -0.39 is 5.97 Å². The summed E-state index contributed by atoms with van der Waals surface area (Å²) in [7, 11) is 0. The lowest BCUT2D eigenvalue weighted by Crippen LogP contribution is -2.16. The zero-order valence-electron chi connectivity index (χ0n) is 11.3. The molecule has 0 spiro atoms. The van der Waals surface area contributed by atoms with Gasteiger partial charge in [-0.15, -0.1) is 0 Å². The number of aliphatic carboxylic acids is 1. The van der Waals surface area contributed by atoms with Gasteiger partial charge in [0.05, 0.1) is 19.3 Å². The lowest BCUT2D eigenvalue weighted by Gasteiger charge is -2.14. The van der Waals surface area contributed by atoms with Gasteiger partial charge in [0.2, 0.25) is 0 Å². The zero-order chi connectivity index (χ0) is 14.1. The molecule has 1 rings (SSSR count). The Hall–Kier alpha value is -1.65. The minimum Gasteiger partial charge on any atom is -0.478 e. The van der Waals surface area contributed by atoms with E-state index in [1.165, 1.54) is 0 Å². The first kappa shape index (κ1) is 15.4. The van der Waals surface area contributed by atoms with Crippen molar-refractivity contribution < 1.29 is 19.4 Å². The molecule has 1 unspecified atom stereocenters. The van der Waals surface area contributed by atoms with Crippen molar-refractivity contribution in [1.82, 2.24) is 0 Å². The number of ether oxygens (including phenoxy) is 2. The van der Waals surface area contributed by atoms with Crippen molar-refractivity contribution in [3.05, 3.63) is 41.5 Å².